The fourth-order valence-corrected chi connectivity index (χ4v) is 3.00. The molecule has 0 unspecified atom stereocenters. The number of hydrogen-bond donors (Lipinski definition) is 0. The molecule has 0 aliphatic rings. The monoisotopic (exact) mass is 380 g/mol. The van der Waals surface area contributed by atoms with Gasteiger partial charge in [-0.3, -0.25) is 9.97 Å². The Morgan fingerprint density at radius 1 is 1.12 bits per heavy atom. The van der Waals surface area contributed by atoms with Gasteiger partial charge in [0.2, 0.25) is 0 Å². The predicted molar refractivity (Wildman–Crippen MR) is 96.0 cm³/mol. The molecule has 1 aromatic carbocycles. The smallest absolute Gasteiger partial charge is 0.341 e. The molecule has 0 aliphatic carbocycles. The molecule has 0 N–H and O–H groups in total. The van der Waals surface area contributed by atoms with Crippen molar-refractivity contribution in [3.63, 3.8) is 0 Å². The molecule has 0 atom stereocenters. The first-order valence-electron chi connectivity index (χ1n) is 7.09. The SMILES string of the molecule is CCOC(=O)c1cnc2c(-c3cccc(Cl)c3Cl)nccc2c1Cl. The van der Waals surface area contributed by atoms with Crippen LogP contribution >= 0.6 is 34.8 Å². The van der Waals surface area contributed by atoms with E-state index in [4.69, 9.17) is 39.5 Å². The standard InChI is InChI=1S/C17H11Cl3N2O2/c1-2-24-17(23)11-8-22-16-10(13(11)19)6-7-21-15(16)9-4-3-5-12(18)14(9)20/h3-8H,2H2,1H3. The van der Waals surface area contributed by atoms with E-state index >= 15 is 0 Å². The van der Waals surface area contributed by atoms with Gasteiger partial charge in [0.15, 0.2) is 0 Å². The summed E-state index contributed by atoms with van der Waals surface area (Å²) < 4.78 is 4.99. The molecule has 122 valence electrons. The number of halogens is 3. The van der Waals surface area contributed by atoms with E-state index in [0.29, 0.717) is 32.2 Å². The Hall–Kier alpha value is -1.88. The summed E-state index contributed by atoms with van der Waals surface area (Å²) in [5.74, 6) is -0.518. The summed E-state index contributed by atoms with van der Waals surface area (Å²) in [6.07, 6.45) is 2.96. The summed E-state index contributed by atoms with van der Waals surface area (Å²) in [7, 11) is 0. The molecule has 4 nitrogen and oxygen atoms in total. The van der Waals surface area contributed by atoms with Gasteiger partial charge in [-0.1, -0.05) is 46.9 Å². The second kappa shape index (κ2) is 6.93. The van der Waals surface area contributed by atoms with E-state index in [1.807, 2.05) is 0 Å². The Balaban J connectivity index is 2.24. The van der Waals surface area contributed by atoms with Crippen molar-refractivity contribution in [3.8, 4) is 11.3 Å². The van der Waals surface area contributed by atoms with Crippen molar-refractivity contribution >= 4 is 51.7 Å². The minimum absolute atomic E-state index is 0.209. The van der Waals surface area contributed by atoms with E-state index in [0.717, 1.165) is 0 Å². The number of esters is 1. The van der Waals surface area contributed by atoms with E-state index in [-0.39, 0.29) is 17.2 Å². The van der Waals surface area contributed by atoms with Gasteiger partial charge >= 0.3 is 5.97 Å². The van der Waals surface area contributed by atoms with Crippen LogP contribution in [-0.4, -0.2) is 22.5 Å². The Labute approximate surface area is 153 Å². The lowest BCUT2D eigenvalue weighted by Crippen LogP contribution is -2.06. The molecule has 7 heteroatoms. The number of benzene rings is 1. The highest BCUT2D eigenvalue weighted by Gasteiger charge is 2.18. The van der Waals surface area contributed by atoms with Crippen molar-refractivity contribution in [2.45, 2.75) is 6.92 Å². The van der Waals surface area contributed by atoms with E-state index in [1.54, 1.807) is 37.4 Å². The van der Waals surface area contributed by atoms with Gasteiger partial charge in [-0.25, -0.2) is 4.79 Å². The zero-order valence-electron chi connectivity index (χ0n) is 12.5. The minimum atomic E-state index is -0.518. The van der Waals surface area contributed by atoms with Gasteiger partial charge in [-0.2, -0.15) is 0 Å². The number of rotatable bonds is 3. The summed E-state index contributed by atoms with van der Waals surface area (Å²) in [6.45, 7) is 1.98. The first kappa shape index (κ1) is 17.0. The molecule has 0 bridgehead atoms. The summed E-state index contributed by atoms with van der Waals surface area (Å²) in [6, 6.07) is 6.95. The van der Waals surface area contributed by atoms with Gasteiger partial charge in [0.05, 0.1) is 38.4 Å². The third-order valence-electron chi connectivity index (χ3n) is 3.42. The van der Waals surface area contributed by atoms with Crippen LogP contribution in [0, 0.1) is 0 Å². The number of fused-ring (bicyclic) bond motifs is 1. The maximum Gasteiger partial charge on any atom is 0.341 e. The van der Waals surface area contributed by atoms with Crippen LogP contribution in [0.15, 0.2) is 36.7 Å². The number of carbonyl (C=O) groups is 1. The first-order valence-corrected chi connectivity index (χ1v) is 8.22. The van der Waals surface area contributed by atoms with Crippen molar-refractivity contribution in [2.75, 3.05) is 6.61 Å². The van der Waals surface area contributed by atoms with Gasteiger partial charge in [0, 0.05) is 23.3 Å². The van der Waals surface area contributed by atoms with E-state index in [1.165, 1.54) is 6.20 Å². The van der Waals surface area contributed by atoms with Crippen molar-refractivity contribution < 1.29 is 9.53 Å². The van der Waals surface area contributed by atoms with Crippen LogP contribution in [0.2, 0.25) is 15.1 Å². The minimum Gasteiger partial charge on any atom is -0.462 e. The number of hydrogen-bond acceptors (Lipinski definition) is 4. The first-order chi connectivity index (χ1) is 11.5. The zero-order valence-corrected chi connectivity index (χ0v) is 14.8. The van der Waals surface area contributed by atoms with E-state index in [2.05, 4.69) is 9.97 Å². The Kier molecular flexibility index (Phi) is 4.90. The lowest BCUT2D eigenvalue weighted by molar-refractivity contribution is 0.0526. The van der Waals surface area contributed by atoms with Crippen LogP contribution in [0.5, 0.6) is 0 Å². The topological polar surface area (TPSA) is 52.1 Å². The van der Waals surface area contributed by atoms with Crippen LogP contribution in [0.1, 0.15) is 17.3 Å². The number of carbonyl (C=O) groups excluding carboxylic acids is 1. The molecule has 0 spiro atoms. The molecule has 2 aromatic heterocycles. The number of aromatic nitrogens is 2. The molecule has 0 radical (unpaired) electrons. The Morgan fingerprint density at radius 3 is 2.67 bits per heavy atom. The molecular formula is C17H11Cl3N2O2. The molecule has 0 fully saturated rings. The van der Waals surface area contributed by atoms with Crippen LogP contribution in [0.3, 0.4) is 0 Å². The lowest BCUT2D eigenvalue weighted by atomic mass is 10.1. The Bertz CT molecular complexity index is 945. The number of pyridine rings is 2. The normalized spacial score (nSPS) is 10.8. The van der Waals surface area contributed by atoms with Gasteiger partial charge in [-0.05, 0) is 19.1 Å². The van der Waals surface area contributed by atoms with Gasteiger partial charge in [0.25, 0.3) is 0 Å². The fraction of sp³-hybridized carbons (Fsp3) is 0.118. The summed E-state index contributed by atoms with van der Waals surface area (Å²) in [4.78, 5) is 20.7. The Morgan fingerprint density at radius 2 is 1.92 bits per heavy atom. The molecule has 3 aromatic rings. The van der Waals surface area contributed by atoms with E-state index in [9.17, 15) is 4.79 Å². The molecule has 2 heterocycles. The molecule has 0 amide bonds. The van der Waals surface area contributed by atoms with Crippen LogP contribution in [0.25, 0.3) is 22.2 Å². The molecule has 0 saturated carbocycles. The summed E-state index contributed by atoms with van der Waals surface area (Å²) >= 11 is 18.7. The second-order valence-electron chi connectivity index (χ2n) is 4.86. The summed E-state index contributed by atoms with van der Waals surface area (Å²) in [5, 5.41) is 1.65. The maximum absolute atomic E-state index is 12.0. The van der Waals surface area contributed by atoms with Gasteiger partial charge in [-0.15, -0.1) is 0 Å². The third kappa shape index (κ3) is 2.93. The molecule has 24 heavy (non-hydrogen) atoms. The van der Waals surface area contributed by atoms with Gasteiger partial charge in [0.1, 0.15) is 0 Å². The maximum atomic E-state index is 12.0. The van der Waals surface area contributed by atoms with Crippen LogP contribution in [-0.2, 0) is 4.74 Å². The largest absolute Gasteiger partial charge is 0.462 e. The second-order valence-corrected chi connectivity index (χ2v) is 6.03. The zero-order chi connectivity index (χ0) is 17.3. The molecule has 0 saturated heterocycles. The highest BCUT2D eigenvalue weighted by atomic mass is 35.5. The average molecular weight is 382 g/mol. The van der Waals surface area contributed by atoms with Crippen molar-refractivity contribution in [3.05, 3.63) is 57.3 Å². The quantitative estimate of drug-likeness (QED) is 0.567. The fourth-order valence-electron chi connectivity index (χ4n) is 2.33. The molecule has 0 aliphatic heterocycles. The van der Waals surface area contributed by atoms with Crippen molar-refractivity contribution in [1.29, 1.82) is 0 Å². The molecule has 3 rings (SSSR count). The number of nitrogens with zero attached hydrogens (tertiary/aromatic N) is 2. The third-order valence-corrected chi connectivity index (χ3v) is 4.65. The highest BCUT2D eigenvalue weighted by Crippen LogP contribution is 2.37. The van der Waals surface area contributed by atoms with Crippen molar-refractivity contribution in [2.24, 2.45) is 0 Å². The van der Waals surface area contributed by atoms with Gasteiger partial charge < -0.3 is 4.74 Å². The molecular weight excluding hydrogens is 371 g/mol. The average Bonchev–Trinajstić information content (AvgIpc) is 2.58. The summed E-state index contributed by atoms with van der Waals surface area (Å²) in [5.41, 5.74) is 1.92. The van der Waals surface area contributed by atoms with Crippen molar-refractivity contribution in [1.82, 2.24) is 9.97 Å². The number of ether oxygens (including phenoxy) is 1. The van der Waals surface area contributed by atoms with E-state index < -0.39 is 5.97 Å². The highest BCUT2D eigenvalue weighted by molar-refractivity contribution is 6.44. The van der Waals surface area contributed by atoms with Crippen LogP contribution < -0.4 is 0 Å². The lowest BCUT2D eigenvalue weighted by Gasteiger charge is -2.10. The van der Waals surface area contributed by atoms with Crippen LogP contribution in [0.4, 0.5) is 0 Å². The predicted octanol–water partition coefficient (Wildman–Crippen LogP) is 5.43.